The predicted molar refractivity (Wildman–Crippen MR) is 75.4 cm³/mol. The number of thioether (sulfide) groups is 1. The molecule has 2 aliphatic rings. The summed E-state index contributed by atoms with van der Waals surface area (Å²) in [6.45, 7) is 0. The maximum absolute atomic E-state index is 4.56. The summed E-state index contributed by atoms with van der Waals surface area (Å²) >= 11 is 1.91. The fourth-order valence-corrected chi connectivity index (χ4v) is 4.81. The van der Waals surface area contributed by atoms with E-state index in [2.05, 4.69) is 31.7 Å². The fourth-order valence-electron chi connectivity index (χ4n) is 3.25. The minimum atomic E-state index is 0.746. The Morgan fingerprint density at radius 1 is 1.26 bits per heavy atom. The summed E-state index contributed by atoms with van der Waals surface area (Å²) in [5.74, 6) is 0.851. The number of benzene rings is 1. The summed E-state index contributed by atoms with van der Waals surface area (Å²) in [5.41, 5.74) is 2.93. The van der Waals surface area contributed by atoms with Crippen LogP contribution in [0, 0.1) is 5.41 Å². The molecular weight excluding hydrogens is 256 g/mol. The topological polar surface area (TPSA) is 46.0 Å². The smallest absolute Gasteiger partial charge is 0.231 e. The minimum Gasteiger partial charge on any atom is -0.254 e. The Kier molecular flexibility index (Phi) is 1.81. The van der Waals surface area contributed by atoms with Crippen LogP contribution >= 0.6 is 11.8 Å². The molecule has 96 valence electrons. The monoisotopic (exact) mass is 270 g/mol. The molecule has 2 aromatic heterocycles. The average molecular weight is 270 g/mol. The second-order valence-corrected chi connectivity index (χ2v) is 7.18. The van der Waals surface area contributed by atoms with Crippen LogP contribution in [0.15, 0.2) is 29.4 Å². The van der Waals surface area contributed by atoms with Crippen molar-refractivity contribution in [1.82, 2.24) is 19.6 Å². The predicted octanol–water partition coefficient (Wildman–Crippen LogP) is 3.25. The molecule has 2 aliphatic carbocycles. The normalized spacial score (nSPS) is 21.3. The highest BCUT2D eigenvalue weighted by Gasteiger charge is 2.53. The standard InChI is InChI=1S/C14H14N4S/c1-2-4-11-10(3-1)15-12-16-17-13(18(11)12)19-9-7-14(8-9)5-6-14/h1-4,9H,5-8H2,(H,15,16). The summed E-state index contributed by atoms with van der Waals surface area (Å²) in [6, 6.07) is 8.24. The van der Waals surface area contributed by atoms with Crippen molar-refractivity contribution in [3.63, 3.8) is 0 Å². The molecule has 0 unspecified atom stereocenters. The van der Waals surface area contributed by atoms with Gasteiger partial charge in [0.05, 0.1) is 11.0 Å². The minimum absolute atomic E-state index is 0.746. The Labute approximate surface area is 114 Å². The number of H-pyrrole nitrogens is 1. The molecule has 0 aliphatic heterocycles. The number of nitrogens with one attached hydrogen (secondary N) is 1. The SMILES string of the molecule is c1ccc2c(c1)nc1[nH]nc(SC3CC4(CC4)C3)n12. The van der Waals surface area contributed by atoms with Crippen molar-refractivity contribution in [2.45, 2.75) is 36.1 Å². The van der Waals surface area contributed by atoms with Gasteiger partial charge < -0.3 is 0 Å². The van der Waals surface area contributed by atoms with Crippen LogP contribution in [-0.4, -0.2) is 24.8 Å². The maximum atomic E-state index is 4.56. The van der Waals surface area contributed by atoms with E-state index in [0.717, 1.165) is 32.6 Å². The number of imidazole rings is 1. The third-order valence-corrected chi connectivity index (χ3v) is 5.71. The average Bonchev–Trinajstić information content (AvgIpc) is 2.94. The number of hydrogen-bond acceptors (Lipinski definition) is 3. The molecule has 5 rings (SSSR count). The molecule has 5 heteroatoms. The van der Waals surface area contributed by atoms with Crippen molar-refractivity contribution in [3.8, 4) is 0 Å². The Balaban J connectivity index is 1.56. The van der Waals surface area contributed by atoms with E-state index < -0.39 is 0 Å². The third-order valence-electron chi connectivity index (χ3n) is 4.55. The quantitative estimate of drug-likeness (QED) is 0.777. The first-order chi connectivity index (χ1) is 9.33. The summed E-state index contributed by atoms with van der Waals surface area (Å²) in [5, 5.41) is 9.29. The molecule has 1 N–H and O–H groups in total. The molecule has 2 fully saturated rings. The van der Waals surface area contributed by atoms with Gasteiger partial charge in [0, 0.05) is 5.25 Å². The third kappa shape index (κ3) is 1.42. The van der Waals surface area contributed by atoms with Crippen molar-refractivity contribution in [2.75, 3.05) is 0 Å². The van der Waals surface area contributed by atoms with Gasteiger partial charge in [0.25, 0.3) is 0 Å². The highest BCUT2D eigenvalue weighted by molar-refractivity contribution is 7.99. The lowest BCUT2D eigenvalue weighted by Gasteiger charge is -2.34. The van der Waals surface area contributed by atoms with Gasteiger partial charge in [0.2, 0.25) is 5.78 Å². The second-order valence-electron chi connectivity index (χ2n) is 5.91. The van der Waals surface area contributed by atoms with Crippen molar-refractivity contribution >= 4 is 28.6 Å². The van der Waals surface area contributed by atoms with E-state index >= 15 is 0 Å². The number of rotatable bonds is 2. The van der Waals surface area contributed by atoms with Crippen molar-refractivity contribution < 1.29 is 0 Å². The van der Waals surface area contributed by atoms with Crippen LogP contribution in [0.1, 0.15) is 25.7 Å². The lowest BCUT2D eigenvalue weighted by molar-refractivity contribution is 0.301. The lowest BCUT2D eigenvalue weighted by Crippen LogP contribution is -2.27. The molecule has 19 heavy (non-hydrogen) atoms. The van der Waals surface area contributed by atoms with Crippen LogP contribution in [0.4, 0.5) is 0 Å². The highest BCUT2D eigenvalue weighted by atomic mass is 32.2. The van der Waals surface area contributed by atoms with Gasteiger partial charge in [-0.05, 0) is 43.2 Å². The first-order valence-electron chi connectivity index (χ1n) is 6.81. The fraction of sp³-hybridized carbons (Fsp3) is 0.429. The Hall–Kier alpha value is -1.49. The number of aromatic nitrogens is 4. The van der Waals surface area contributed by atoms with Crippen molar-refractivity contribution in [2.24, 2.45) is 5.41 Å². The van der Waals surface area contributed by atoms with Crippen LogP contribution in [0.2, 0.25) is 0 Å². The molecule has 0 radical (unpaired) electrons. The zero-order chi connectivity index (χ0) is 12.4. The second kappa shape index (κ2) is 3.33. The van der Waals surface area contributed by atoms with Crippen LogP contribution < -0.4 is 0 Å². The first kappa shape index (κ1) is 10.3. The van der Waals surface area contributed by atoms with E-state index in [9.17, 15) is 0 Å². The van der Waals surface area contributed by atoms with Gasteiger partial charge in [0.15, 0.2) is 5.16 Å². The molecule has 0 amide bonds. The van der Waals surface area contributed by atoms with E-state index in [1.165, 1.54) is 25.7 Å². The Morgan fingerprint density at radius 3 is 2.95 bits per heavy atom. The van der Waals surface area contributed by atoms with E-state index in [4.69, 9.17) is 0 Å². The number of fused-ring (bicyclic) bond motifs is 3. The zero-order valence-electron chi connectivity index (χ0n) is 10.5. The summed E-state index contributed by atoms with van der Waals surface area (Å²) in [7, 11) is 0. The van der Waals surface area contributed by atoms with Gasteiger partial charge in [-0.3, -0.25) is 4.40 Å². The molecule has 1 aromatic carbocycles. The van der Waals surface area contributed by atoms with E-state index in [0.29, 0.717) is 0 Å². The van der Waals surface area contributed by atoms with Gasteiger partial charge in [-0.15, -0.1) is 5.10 Å². The number of nitrogens with zero attached hydrogens (tertiary/aromatic N) is 3. The van der Waals surface area contributed by atoms with Crippen LogP contribution in [0.3, 0.4) is 0 Å². The molecule has 1 spiro atoms. The molecular formula is C14H14N4S. The van der Waals surface area contributed by atoms with Gasteiger partial charge >= 0.3 is 0 Å². The van der Waals surface area contributed by atoms with Gasteiger partial charge in [-0.2, -0.15) is 0 Å². The van der Waals surface area contributed by atoms with Crippen molar-refractivity contribution in [1.29, 1.82) is 0 Å². The van der Waals surface area contributed by atoms with Crippen LogP contribution in [0.5, 0.6) is 0 Å². The van der Waals surface area contributed by atoms with Crippen LogP contribution in [0.25, 0.3) is 16.8 Å². The Bertz CT molecular complexity index is 775. The van der Waals surface area contributed by atoms with Crippen LogP contribution in [-0.2, 0) is 0 Å². The summed E-state index contributed by atoms with van der Waals surface area (Å²) in [6.07, 6.45) is 5.65. The molecule has 3 aromatic rings. The molecule has 2 saturated carbocycles. The molecule has 4 nitrogen and oxygen atoms in total. The summed E-state index contributed by atoms with van der Waals surface area (Å²) in [4.78, 5) is 4.56. The first-order valence-corrected chi connectivity index (χ1v) is 7.69. The van der Waals surface area contributed by atoms with E-state index in [-0.39, 0.29) is 0 Å². The van der Waals surface area contributed by atoms with Gasteiger partial charge in [0.1, 0.15) is 0 Å². The summed E-state index contributed by atoms with van der Waals surface area (Å²) < 4.78 is 2.15. The lowest BCUT2D eigenvalue weighted by atomic mass is 9.81. The van der Waals surface area contributed by atoms with E-state index in [1.807, 2.05) is 23.9 Å². The molecule has 2 heterocycles. The molecule has 0 atom stereocenters. The van der Waals surface area contributed by atoms with Crippen molar-refractivity contribution in [3.05, 3.63) is 24.3 Å². The number of para-hydroxylation sites is 2. The number of hydrogen-bond donors (Lipinski definition) is 1. The molecule has 0 saturated heterocycles. The number of aromatic amines is 1. The maximum Gasteiger partial charge on any atom is 0.231 e. The zero-order valence-corrected chi connectivity index (χ0v) is 11.3. The largest absolute Gasteiger partial charge is 0.254 e. The van der Waals surface area contributed by atoms with Gasteiger partial charge in [-0.25, -0.2) is 10.1 Å². The highest BCUT2D eigenvalue weighted by Crippen LogP contribution is 2.64. The Morgan fingerprint density at radius 2 is 2.11 bits per heavy atom. The molecule has 0 bridgehead atoms. The van der Waals surface area contributed by atoms with Gasteiger partial charge in [-0.1, -0.05) is 23.9 Å². The van der Waals surface area contributed by atoms with E-state index in [1.54, 1.807) is 0 Å².